The van der Waals surface area contributed by atoms with Crippen LogP contribution in [0.3, 0.4) is 0 Å². The average molecular weight is 338 g/mol. The second-order valence-corrected chi connectivity index (χ2v) is 7.64. The lowest BCUT2D eigenvalue weighted by atomic mass is 10.0. The second-order valence-electron chi connectivity index (χ2n) is 5.99. The monoisotopic (exact) mass is 338 g/mol. The van der Waals surface area contributed by atoms with Crippen molar-refractivity contribution in [3.8, 4) is 0 Å². The Bertz CT molecular complexity index is 1010. The predicted molar refractivity (Wildman–Crippen MR) is 96.6 cm³/mol. The van der Waals surface area contributed by atoms with E-state index in [0.29, 0.717) is 10.6 Å². The minimum Gasteiger partial charge on any atom is -0.312 e. The van der Waals surface area contributed by atoms with Crippen LogP contribution in [0.1, 0.15) is 11.1 Å². The molecule has 1 heterocycles. The van der Waals surface area contributed by atoms with Gasteiger partial charge >= 0.3 is 0 Å². The van der Waals surface area contributed by atoms with E-state index < -0.39 is 10.0 Å². The summed E-state index contributed by atoms with van der Waals surface area (Å²) < 4.78 is 28.4. The SMILES string of the molecule is O=S(=O)(Nc1ccc2c(c1)CNCC2)c1cccc2ccccc12. The van der Waals surface area contributed by atoms with Crippen molar-refractivity contribution < 1.29 is 8.42 Å². The Kier molecular flexibility index (Phi) is 3.75. The molecule has 0 saturated carbocycles. The first-order chi connectivity index (χ1) is 11.6. The van der Waals surface area contributed by atoms with Crippen LogP contribution in [0.25, 0.3) is 10.8 Å². The predicted octanol–water partition coefficient (Wildman–Crippen LogP) is 3.29. The Labute approximate surface area is 141 Å². The van der Waals surface area contributed by atoms with E-state index in [1.165, 1.54) is 5.56 Å². The van der Waals surface area contributed by atoms with Gasteiger partial charge in [-0.05, 0) is 47.7 Å². The average Bonchev–Trinajstić information content (AvgIpc) is 2.61. The highest BCUT2D eigenvalue weighted by molar-refractivity contribution is 7.93. The maximum Gasteiger partial charge on any atom is 0.262 e. The van der Waals surface area contributed by atoms with Gasteiger partial charge in [-0.25, -0.2) is 8.42 Å². The fourth-order valence-electron chi connectivity index (χ4n) is 3.18. The molecule has 2 N–H and O–H groups in total. The summed E-state index contributed by atoms with van der Waals surface area (Å²) in [5.74, 6) is 0. The number of nitrogens with one attached hydrogen (secondary N) is 2. The summed E-state index contributed by atoms with van der Waals surface area (Å²) in [4.78, 5) is 0.302. The molecule has 24 heavy (non-hydrogen) atoms. The van der Waals surface area contributed by atoms with Gasteiger partial charge in [0, 0.05) is 17.6 Å². The summed E-state index contributed by atoms with van der Waals surface area (Å²) in [7, 11) is -3.64. The molecule has 122 valence electrons. The fraction of sp³-hybridized carbons (Fsp3) is 0.158. The normalized spacial score (nSPS) is 14.3. The molecule has 4 rings (SSSR count). The third kappa shape index (κ3) is 2.77. The maximum absolute atomic E-state index is 12.9. The number of hydrogen-bond donors (Lipinski definition) is 2. The molecule has 0 saturated heterocycles. The Morgan fingerprint density at radius 2 is 1.75 bits per heavy atom. The number of rotatable bonds is 3. The van der Waals surface area contributed by atoms with Crippen molar-refractivity contribution in [3.63, 3.8) is 0 Å². The summed E-state index contributed by atoms with van der Waals surface area (Å²) in [6, 6.07) is 18.6. The highest BCUT2D eigenvalue weighted by atomic mass is 32.2. The lowest BCUT2D eigenvalue weighted by molar-refractivity contribution is 0.602. The molecular weight excluding hydrogens is 320 g/mol. The van der Waals surface area contributed by atoms with Crippen LogP contribution in [0.15, 0.2) is 65.6 Å². The van der Waals surface area contributed by atoms with E-state index in [-0.39, 0.29) is 0 Å². The van der Waals surface area contributed by atoms with Crippen molar-refractivity contribution in [1.29, 1.82) is 0 Å². The zero-order valence-corrected chi connectivity index (χ0v) is 13.9. The van der Waals surface area contributed by atoms with Gasteiger partial charge in [0.2, 0.25) is 0 Å². The molecule has 5 heteroatoms. The van der Waals surface area contributed by atoms with Crippen molar-refractivity contribution >= 4 is 26.5 Å². The summed E-state index contributed by atoms with van der Waals surface area (Å²) in [6.07, 6.45) is 0.978. The number of anilines is 1. The molecule has 0 radical (unpaired) electrons. The summed E-state index contributed by atoms with van der Waals surface area (Å²) in [5.41, 5.74) is 3.03. The molecule has 3 aromatic carbocycles. The molecule has 0 aromatic heterocycles. The fourth-order valence-corrected chi connectivity index (χ4v) is 4.46. The van der Waals surface area contributed by atoms with Gasteiger partial charge in [0.15, 0.2) is 0 Å². The number of benzene rings is 3. The van der Waals surface area contributed by atoms with Gasteiger partial charge < -0.3 is 5.32 Å². The van der Waals surface area contributed by atoms with Crippen molar-refractivity contribution in [2.75, 3.05) is 11.3 Å². The van der Waals surface area contributed by atoms with E-state index in [2.05, 4.69) is 10.0 Å². The number of fused-ring (bicyclic) bond motifs is 2. The lowest BCUT2D eigenvalue weighted by Gasteiger charge is -2.18. The van der Waals surface area contributed by atoms with Gasteiger partial charge in [-0.2, -0.15) is 0 Å². The van der Waals surface area contributed by atoms with E-state index in [9.17, 15) is 8.42 Å². The molecule has 0 amide bonds. The molecule has 0 unspecified atom stereocenters. The lowest BCUT2D eigenvalue weighted by Crippen LogP contribution is -2.23. The molecule has 3 aromatic rings. The van der Waals surface area contributed by atoms with Gasteiger partial charge in [0.1, 0.15) is 0 Å². The smallest absolute Gasteiger partial charge is 0.262 e. The largest absolute Gasteiger partial charge is 0.312 e. The minimum atomic E-state index is -3.64. The molecule has 1 aliphatic rings. The standard InChI is InChI=1S/C19H18N2O2S/c22-24(23,19-7-3-5-15-4-1-2-6-18(15)19)21-17-9-8-14-10-11-20-13-16(14)12-17/h1-9,12,20-21H,10-11,13H2. The number of sulfonamides is 1. The van der Waals surface area contributed by atoms with Crippen LogP contribution < -0.4 is 10.0 Å². The highest BCUT2D eigenvalue weighted by Crippen LogP contribution is 2.26. The molecule has 0 aliphatic carbocycles. The zero-order chi connectivity index (χ0) is 16.6. The van der Waals surface area contributed by atoms with Gasteiger partial charge in [-0.15, -0.1) is 0 Å². The van der Waals surface area contributed by atoms with E-state index in [4.69, 9.17) is 0 Å². The first-order valence-electron chi connectivity index (χ1n) is 7.97. The van der Waals surface area contributed by atoms with E-state index in [1.807, 2.05) is 48.5 Å². The van der Waals surface area contributed by atoms with Gasteiger partial charge in [0.05, 0.1) is 4.90 Å². The Morgan fingerprint density at radius 1 is 0.917 bits per heavy atom. The van der Waals surface area contributed by atoms with Crippen molar-refractivity contribution in [2.45, 2.75) is 17.9 Å². The van der Waals surface area contributed by atoms with Gasteiger partial charge in [-0.1, -0.05) is 42.5 Å². The van der Waals surface area contributed by atoms with Crippen LogP contribution in [0.2, 0.25) is 0 Å². The van der Waals surface area contributed by atoms with Gasteiger partial charge in [0.25, 0.3) is 10.0 Å². The highest BCUT2D eigenvalue weighted by Gasteiger charge is 2.18. The van der Waals surface area contributed by atoms with Crippen molar-refractivity contribution in [1.82, 2.24) is 5.32 Å². The zero-order valence-electron chi connectivity index (χ0n) is 13.1. The molecule has 4 nitrogen and oxygen atoms in total. The second kappa shape index (κ2) is 5.92. The Hall–Kier alpha value is -2.37. The van der Waals surface area contributed by atoms with E-state index in [1.54, 1.807) is 12.1 Å². The van der Waals surface area contributed by atoms with Crippen LogP contribution in [0.4, 0.5) is 5.69 Å². The minimum absolute atomic E-state index is 0.302. The third-order valence-corrected chi connectivity index (χ3v) is 5.82. The summed E-state index contributed by atoms with van der Waals surface area (Å²) >= 11 is 0. The van der Waals surface area contributed by atoms with Crippen molar-refractivity contribution in [3.05, 3.63) is 71.8 Å². The van der Waals surface area contributed by atoms with Crippen LogP contribution >= 0.6 is 0 Å². The molecule has 0 spiro atoms. The maximum atomic E-state index is 12.9. The molecule has 1 aliphatic heterocycles. The van der Waals surface area contributed by atoms with Crippen LogP contribution in [-0.2, 0) is 23.0 Å². The molecular formula is C19H18N2O2S. The van der Waals surface area contributed by atoms with E-state index in [0.717, 1.165) is 35.8 Å². The number of hydrogen-bond acceptors (Lipinski definition) is 3. The van der Waals surface area contributed by atoms with Crippen LogP contribution in [0, 0.1) is 0 Å². The first-order valence-corrected chi connectivity index (χ1v) is 9.45. The first kappa shape index (κ1) is 15.2. The van der Waals surface area contributed by atoms with Crippen molar-refractivity contribution in [2.24, 2.45) is 0 Å². The topological polar surface area (TPSA) is 58.2 Å². The van der Waals surface area contributed by atoms with Gasteiger partial charge in [-0.3, -0.25) is 4.72 Å². The van der Waals surface area contributed by atoms with Crippen LogP contribution in [-0.4, -0.2) is 15.0 Å². The summed E-state index contributed by atoms with van der Waals surface area (Å²) in [6.45, 7) is 1.74. The third-order valence-electron chi connectivity index (χ3n) is 4.38. The Morgan fingerprint density at radius 3 is 2.67 bits per heavy atom. The van der Waals surface area contributed by atoms with Crippen LogP contribution in [0.5, 0.6) is 0 Å². The quantitative estimate of drug-likeness (QED) is 0.770. The summed E-state index contributed by atoms with van der Waals surface area (Å²) in [5, 5.41) is 4.95. The Balaban J connectivity index is 1.73. The molecule has 0 atom stereocenters. The van der Waals surface area contributed by atoms with E-state index >= 15 is 0 Å². The molecule has 0 fully saturated rings. The molecule has 0 bridgehead atoms.